The van der Waals surface area contributed by atoms with Crippen molar-refractivity contribution >= 4 is 39.8 Å². The van der Waals surface area contributed by atoms with Crippen LogP contribution in [0.4, 0.5) is 11.4 Å². The van der Waals surface area contributed by atoms with Gasteiger partial charge in [-0.3, -0.25) is 9.78 Å². The number of nitrogens with zero attached hydrogens (tertiary/aromatic N) is 1. The number of fused-ring (bicyclic) bond motifs is 1. The number of anilines is 2. The standard InChI is InChI=1S/C27H26ClN3O2/c1-3-17-9-12-26(23(28)13-17)33-16-18-7-5-6-8-21(18)27(32)31-20-10-11-25-22(14-20)24(29)15-19(4-2)30-25/h5-15H,3-4,16H2,1-2H3,(H2,29,30)(H,31,32). The third-order valence-corrected chi connectivity index (χ3v) is 5.86. The van der Waals surface area contributed by atoms with Gasteiger partial charge in [-0.25, -0.2) is 0 Å². The second-order valence-electron chi connectivity index (χ2n) is 7.81. The van der Waals surface area contributed by atoms with E-state index in [0.717, 1.165) is 40.6 Å². The van der Waals surface area contributed by atoms with Gasteiger partial charge in [0.05, 0.1) is 10.5 Å². The van der Waals surface area contributed by atoms with Gasteiger partial charge in [-0.1, -0.05) is 49.7 Å². The van der Waals surface area contributed by atoms with Crippen LogP contribution in [0.25, 0.3) is 10.9 Å². The van der Waals surface area contributed by atoms with E-state index in [0.29, 0.717) is 27.7 Å². The second-order valence-corrected chi connectivity index (χ2v) is 8.21. The number of nitrogen functional groups attached to an aromatic ring is 1. The quantitative estimate of drug-likeness (QED) is 0.334. The third-order valence-electron chi connectivity index (χ3n) is 5.56. The van der Waals surface area contributed by atoms with Gasteiger partial charge in [0.2, 0.25) is 0 Å². The fourth-order valence-electron chi connectivity index (χ4n) is 3.67. The van der Waals surface area contributed by atoms with E-state index in [1.165, 1.54) is 0 Å². The molecule has 0 unspecified atom stereocenters. The van der Waals surface area contributed by atoms with Gasteiger partial charge >= 0.3 is 0 Å². The van der Waals surface area contributed by atoms with Crippen molar-refractivity contribution in [1.82, 2.24) is 4.98 Å². The molecule has 33 heavy (non-hydrogen) atoms. The molecule has 0 radical (unpaired) electrons. The Morgan fingerprint density at radius 2 is 1.85 bits per heavy atom. The molecule has 0 saturated heterocycles. The molecular formula is C27H26ClN3O2. The summed E-state index contributed by atoms with van der Waals surface area (Å²) in [7, 11) is 0. The molecule has 0 spiro atoms. The molecule has 6 heteroatoms. The van der Waals surface area contributed by atoms with Crippen LogP contribution >= 0.6 is 11.6 Å². The number of halogens is 1. The Balaban J connectivity index is 1.53. The number of amides is 1. The van der Waals surface area contributed by atoms with Crippen LogP contribution in [0.2, 0.25) is 5.02 Å². The molecule has 4 rings (SSSR count). The van der Waals surface area contributed by atoms with Crippen molar-refractivity contribution in [1.29, 1.82) is 0 Å². The first-order valence-corrected chi connectivity index (χ1v) is 11.4. The van der Waals surface area contributed by atoms with Crippen LogP contribution in [-0.2, 0) is 19.4 Å². The molecule has 0 aliphatic heterocycles. The topological polar surface area (TPSA) is 77.2 Å². The van der Waals surface area contributed by atoms with E-state index in [1.807, 2.05) is 67.6 Å². The minimum Gasteiger partial charge on any atom is -0.487 e. The van der Waals surface area contributed by atoms with Crippen molar-refractivity contribution in [2.45, 2.75) is 33.3 Å². The zero-order valence-electron chi connectivity index (χ0n) is 18.7. The molecule has 5 nitrogen and oxygen atoms in total. The van der Waals surface area contributed by atoms with Gasteiger partial charge in [-0.2, -0.15) is 0 Å². The van der Waals surface area contributed by atoms with Gasteiger partial charge in [-0.05, 0) is 60.9 Å². The van der Waals surface area contributed by atoms with Crippen LogP contribution in [0, 0.1) is 0 Å². The molecule has 1 amide bonds. The summed E-state index contributed by atoms with van der Waals surface area (Å²) < 4.78 is 5.92. The molecule has 0 aliphatic carbocycles. The fraction of sp³-hybridized carbons (Fsp3) is 0.185. The summed E-state index contributed by atoms with van der Waals surface area (Å²) in [4.78, 5) is 17.7. The molecule has 0 saturated carbocycles. The number of rotatable bonds is 7. The lowest BCUT2D eigenvalue weighted by Gasteiger charge is -2.13. The maximum absolute atomic E-state index is 13.1. The number of carbonyl (C=O) groups is 1. The van der Waals surface area contributed by atoms with Crippen molar-refractivity contribution in [3.63, 3.8) is 0 Å². The Hall–Kier alpha value is -3.57. The van der Waals surface area contributed by atoms with Crippen molar-refractivity contribution in [2.75, 3.05) is 11.1 Å². The molecule has 1 aromatic heterocycles. The van der Waals surface area contributed by atoms with Gasteiger partial charge < -0.3 is 15.8 Å². The van der Waals surface area contributed by atoms with Crippen molar-refractivity contribution in [2.24, 2.45) is 0 Å². The van der Waals surface area contributed by atoms with Gasteiger partial charge in [0.1, 0.15) is 12.4 Å². The molecule has 4 aromatic rings. The number of aryl methyl sites for hydroxylation is 2. The van der Waals surface area contributed by atoms with E-state index in [9.17, 15) is 4.79 Å². The van der Waals surface area contributed by atoms with Gasteiger partial charge in [0.25, 0.3) is 5.91 Å². The summed E-state index contributed by atoms with van der Waals surface area (Å²) >= 11 is 6.34. The minimum atomic E-state index is -0.224. The van der Waals surface area contributed by atoms with Crippen molar-refractivity contribution in [3.05, 3.63) is 94.1 Å². The number of aromatic nitrogens is 1. The highest BCUT2D eigenvalue weighted by molar-refractivity contribution is 6.32. The predicted octanol–water partition coefficient (Wildman–Crippen LogP) is 6.43. The highest BCUT2D eigenvalue weighted by Crippen LogP contribution is 2.28. The first-order chi connectivity index (χ1) is 16.0. The Morgan fingerprint density at radius 3 is 2.61 bits per heavy atom. The molecule has 1 heterocycles. The molecule has 0 atom stereocenters. The summed E-state index contributed by atoms with van der Waals surface area (Å²) in [6.07, 6.45) is 1.71. The molecule has 3 aromatic carbocycles. The summed E-state index contributed by atoms with van der Waals surface area (Å²) in [5, 5.41) is 4.34. The Bertz CT molecular complexity index is 1320. The zero-order chi connectivity index (χ0) is 23.4. The molecular weight excluding hydrogens is 434 g/mol. The lowest BCUT2D eigenvalue weighted by atomic mass is 10.1. The largest absolute Gasteiger partial charge is 0.487 e. The van der Waals surface area contributed by atoms with Crippen molar-refractivity contribution in [3.8, 4) is 5.75 Å². The van der Waals surface area contributed by atoms with Crippen LogP contribution in [-0.4, -0.2) is 10.9 Å². The first kappa shape index (κ1) is 22.6. The van der Waals surface area contributed by atoms with E-state index in [-0.39, 0.29) is 12.5 Å². The first-order valence-electron chi connectivity index (χ1n) is 11.0. The number of pyridine rings is 1. The number of carbonyl (C=O) groups excluding carboxylic acids is 1. The Morgan fingerprint density at radius 1 is 1.03 bits per heavy atom. The molecule has 168 valence electrons. The normalized spacial score (nSPS) is 10.9. The zero-order valence-corrected chi connectivity index (χ0v) is 19.4. The monoisotopic (exact) mass is 459 g/mol. The van der Waals surface area contributed by atoms with E-state index < -0.39 is 0 Å². The summed E-state index contributed by atoms with van der Waals surface area (Å²) in [5.74, 6) is 0.366. The third kappa shape index (κ3) is 5.10. The Kier molecular flexibility index (Phi) is 6.80. The van der Waals surface area contributed by atoms with Crippen LogP contribution in [0.5, 0.6) is 5.75 Å². The van der Waals surface area contributed by atoms with Crippen molar-refractivity contribution < 1.29 is 9.53 Å². The smallest absolute Gasteiger partial charge is 0.256 e. The second kappa shape index (κ2) is 9.92. The average molecular weight is 460 g/mol. The van der Waals surface area contributed by atoms with Crippen LogP contribution in [0.3, 0.4) is 0 Å². The molecule has 3 N–H and O–H groups in total. The van der Waals surface area contributed by atoms with Crippen LogP contribution in [0.15, 0.2) is 66.7 Å². The van der Waals surface area contributed by atoms with Crippen LogP contribution in [0.1, 0.15) is 41.0 Å². The van der Waals surface area contributed by atoms with Gasteiger partial charge in [0.15, 0.2) is 0 Å². The van der Waals surface area contributed by atoms with Crippen LogP contribution < -0.4 is 15.8 Å². The van der Waals surface area contributed by atoms with Gasteiger partial charge in [0, 0.05) is 33.6 Å². The summed E-state index contributed by atoms with van der Waals surface area (Å²) in [6.45, 7) is 4.34. The maximum Gasteiger partial charge on any atom is 0.256 e. The molecule has 0 aliphatic rings. The van der Waals surface area contributed by atoms with Gasteiger partial charge in [-0.15, -0.1) is 0 Å². The SMILES string of the molecule is CCc1ccc(OCc2ccccc2C(=O)Nc2ccc3nc(CC)cc(N)c3c2)c(Cl)c1. The van der Waals surface area contributed by atoms with E-state index in [1.54, 1.807) is 6.07 Å². The Labute approximate surface area is 198 Å². The number of nitrogens with one attached hydrogen (secondary N) is 1. The van der Waals surface area contributed by atoms with E-state index in [2.05, 4.69) is 17.2 Å². The molecule has 0 fully saturated rings. The highest BCUT2D eigenvalue weighted by Gasteiger charge is 2.13. The van der Waals surface area contributed by atoms with E-state index in [4.69, 9.17) is 22.1 Å². The summed E-state index contributed by atoms with van der Waals surface area (Å²) in [6, 6.07) is 20.5. The number of ether oxygens (including phenoxy) is 1. The lowest BCUT2D eigenvalue weighted by Crippen LogP contribution is -2.15. The fourth-order valence-corrected chi connectivity index (χ4v) is 3.93. The lowest BCUT2D eigenvalue weighted by molar-refractivity contribution is 0.102. The number of hydrogen-bond acceptors (Lipinski definition) is 4. The molecule has 0 bridgehead atoms. The predicted molar refractivity (Wildman–Crippen MR) is 135 cm³/mol. The maximum atomic E-state index is 13.1. The average Bonchev–Trinajstić information content (AvgIpc) is 2.83. The highest BCUT2D eigenvalue weighted by atomic mass is 35.5. The number of nitrogens with two attached hydrogens (primary N) is 1. The number of hydrogen-bond donors (Lipinski definition) is 2. The van der Waals surface area contributed by atoms with E-state index >= 15 is 0 Å². The minimum absolute atomic E-state index is 0.224. The summed E-state index contributed by atoms with van der Waals surface area (Å²) in [5.41, 5.74) is 11.7. The number of benzene rings is 3.